The minimum absolute atomic E-state index is 0.0516. The summed E-state index contributed by atoms with van der Waals surface area (Å²) in [6.45, 7) is 1.81. The predicted molar refractivity (Wildman–Crippen MR) is 70.9 cm³/mol. The van der Waals surface area contributed by atoms with Gasteiger partial charge in [0.2, 0.25) is 5.91 Å². The fourth-order valence-electron chi connectivity index (χ4n) is 4.69. The lowest BCUT2D eigenvalue weighted by atomic mass is 9.49. The third kappa shape index (κ3) is 1.58. The van der Waals surface area contributed by atoms with E-state index in [1.807, 2.05) is 6.92 Å². The molecule has 4 bridgehead atoms. The minimum Gasteiger partial charge on any atom is -0.362 e. The molecule has 2 atom stereocenters. The van der Waals surface area contributed by atoms with Crippen molar-refractivity contribution in [3.63, 3.8) is 0 Å². The number of anilines is 1. The first-order chi connectivity index (χ1) is 9.57. The summed E-state index contributed by atoms with van der Waals surface area (Å²) in [5, 5.41) is 6.74. The molecule has 5 heteroatoms. The van der Waals surface area contributed by atoms with Crippen LogP contribution in [-0.2, 0) is 9.59 Å². The predicted octanol–water partition coefficient (Wildman–Crippen LogP) is 2.32. The van der Waals surface area contributed by atoms with Gasteiger partial charge < -0.3 is 9.84 Å². The molecular formula is C15H18N2O3. The molecule has 2 unspecified atom stereocenters. The van der Waals surface area contributed by atoms with E-state index in [4.69, 9.17) is 4.52 Å². The van der Waals surface area contributed by atoms with E-state index in [-0.39, 0.29) is 23.2 Å². The summed E-state index contributed by atoms with van der Waals surface area (Å²) >= 11 is 0. The second kappa shape index (κ2) is 3.93. The number of aryl methyl sites for hydroxylation is 1. The fourth-order valence-corrected chi connectivity index (χ4v) is 4.69. The molecule has 106 valence electrons. The molecular weight excluding hydrogens is 256 g/mol. The van der Waals surface area contributed by atoms with Crippen LogP contribution in [0.3, 0.4) is 0 Å². The van der Waals surface area contributed by atoms with Gasteiger partial charge in [-0.1, -0.05) is 5.16 Å². The number of Topliss-reactive ketones (excluding diaryl/α,β-unsaturated/α-hetero) is 1. The number of carbonyl (C=O) groups excluding carboxylic acids is 2. The summed E-state index contributed by atoms with van der Waals surface area (Å²) in [5.41, 5.74) is 1.00. The Morgan fingerprint density at radius 3 is 2.65 bits per heavy atom. The smallest absolute Gasteiger partial charge is 0.230 e. The van der Waals surface area contributed by atoms with E-state index in [9.17, 15) is 9.59 Å². The molecule has 0 spiro atoms. The Labute approximate surface area is 117 Å². The highest BCUT2D eigenvalue weighted by Gasteiger charge is 2.58. The quantitative estimate of drug-likeness (QED) is 0.898. The van der Waals surface area contributed by atoms with Crippen LogP contribution in [-0.4, -0.2) is 16.8 Å². The van der Waals surface area contributed by atoms with Crippen LogP contribution in [0.1, 0.15) is 37.8 Å². The molecule has 1 heterocycles. The summed E-state index contributed by atoms with van der Waals surface area (Å²) in [6, 6.07) is 0. The van der Waals surface area contributed by atoms with Crippen LogP contribution < -0.4 is 5.32 Å². The van der Waals surface area contributed by atoms with Crippen LogP contribution in [0.4, 0.5) is 5.69 Å². The first-order valence-electron chi connectivity index (χ1n) is 7.33. The largest absolute Gasteiger partial charge is 0.362 e. The first kappa shape index (κ1) is 12.1. The maximum absolute atomic E-state index is 12.7. The van der Waals surface area contributed by atoms with E-state index in [0.717, 1.165) is 32.1 Å². The molecule has 4 fully saturated rings. The van der Waals surface area contributed by atoms with Crippen molar-refractivity contribution in [2.75, 3.05) is 5.32 Å². The van der Waals surface area contributed by atoms with Crippen molar-refractivity contribution in [2.45, 2.75) is 39.0 Å². The van der Waals surface area contributed by atoms with Crippen molar-refractivity contribution >= 4 is 17.4 Å². The van der Waals surface area contributed by atoms with Gasteiger partial charge in [0.25, 0.3) is 0 Å². The highest BCUT2D eigenvalue weighted by Crippen LogP contribution is 2.58. The van der Waals surface area contributed by atoms with Gasteiger partial charge in [0, 0.05) is 11.8 Å². The van der Waals surface area contributed by atoms with E-state index in [2.05, 4.69) is 10.5 Å². The second-order valence-corrected chi connectivity index (χ2v) is 6.79. The van der Waals surface area contributed by atoms with Crippen molar-refractivity contribution < 1.29 is 14.1 Å². The molecule has 4 aliphatic rings. The average Bonchev–Trinajstić information content (AvgIpc) is 2.80. The van der Waals surface area contributed by atoms with Crippen molar-refractivity contribution in [1.82, 2.24) is 5.16 Å². The van der Waals surface area contributed by atoms with Gasteiger partial charge >= 0.3 is 0 Å². The van der Waals surface area contributed by atoms with Crippen LogP contribution in [0, 0.1) is 30.1 Å². The Hall–Kier alpha value is -1.65. The fraction of sp³-hybridized carbons (Fsp3) is 0.667. The highest BCUT2D eigenvalue weighted by atomic mass is 16.5. The monoisotopic (exact) mass is 274 g/mol. The molecule has 0 saturated heterocycles. The third-order valence-corrected chi connectivity index (χ3v) is 5.47. The standard InChI is InChI=1S/C15H18N2O3/c1-8-12(7-20-17-8)16-14(19)15-4-9-2-10(5-15)13(18)11(3-9)6-15/h7,9-11H,2-6H2,1H3,(H,16,19). The average molecular weight is 274 g/mol. The number of amides is 1. The molecule has 0 aromatic carbocycles. The zero-order chi connectivity index (χ0) is 13.9. The summed E-state index contributed by atoms with van der Waals surface area (Å²) < 4.78 is 4.86. The zero-order valence-electron chi connectivity index (χ0n) is 11.5. The van der Waals surface area contributed by atoms with Gasteiger partial charge in [-0.05, 0) is 44.9 Å². The van der Waals surface area contributed by atoms with Crippen molar-refractivity contribution in [2.24, 2.45) is 23.2 Å². The Balaban J connectivity index is 1.60. The molecule has 4 aliphatic carbocycles. The Kier molecular flexibility index (Phi) is 2.38. The molecule has 0 aliphatic heterocycles. The van der Waals surface area contributed by atoms with Crippen molar-refractivity contribution in [1.29, 1.82) is 0 Å². The second-order valence-electron chi connectivity index (χ2n) is 6.79. The number of ketones is 1. The lowest BCUT2D eigenvalue weighted by molar-refractivity contribution is -0.154. The maximum atomic E-state index is 12.7. The molecule has 1 aromatic heterocycles. The summed E-state index contributed by atoms with van der Waals surface area (Å²) in [7, 11) is 0. The lowest BCUT2D eigenvalue weighted by Crippen LogP contribution is -2.55. The molecule has 1 aromatic rings. The highest BCUT2D eigenvalue weighted by molar-refractivity contribution is 5.98. The molecule has 20 heavy (non-hydrogen) atoms. The Morgan fingerprint density at radius 2 is 2.05 bits per heavy atom. The van der Waals surface area contributed by atoms with Gasteiger partial charge in [0.15, 0.2) is 0 Å². The van der Waals surface area contributed by atoms with E-state index in [1.54, 1.807) is 0 Å². The summed E-state index contributed by atoms with van der Waals surface area (Å²) in [6.07, 6.45) is 5.86. The summed E-state index contributed by atoms with van der Waals surface area (Å²) in [5.74, 6) is 1.26. The zero-order valence-corrected chi connectivity index (χ0v) is 11.5. The molecule has 4 saturated carbocycles. The van der Waals surface area contributed by atoms with Crippen molar-refractivity contribution in [3.8, 4) is 0 Å². The molecule has 1 N–H and O–H groups in total. The molecule has 0 radical (unpaired) electrons. The van der Waals surface area contributed by atoms with Gasteiger partial charge in [-0.3, -0.25) is 9.59 Å². The van der Waals surface area contributed by atoms with Gasteiger partial charge in [-0.15, -0.1) is 0 Å². The summed E-state index contributed by atoms with van der Waals surface area (Å²) in [4.78, 5) is 24.9. The topological polar surface area (TPSA) is 72.2 Å². The maximum Gasteiger partial charge on any atom is 0.230 e. The van der Waals surface area contributed by atoms with Gasteiger partial charge in [-0.2, -0.15) is 0 Å². The number of nitrogens with one attached hydrogen (secondary N) is 1. The third-order valence-electron chi connectivity index (χ3n) is 5.47. The number of nitrogens with zero attached hydrogens (tertiary/aromatic N) is 1. The number of aromatic nitrogens is 1. The Morgan fingerprint density at radius 1 is 1.35 bits per heavy atom. The lowest BCUT2D eigenvalue weighted by Gasteiger charge is -2.54. The number of hydrogen-bond acceptors (Lipinski definition) is 4. The van der Waals surface area contributed by atoms with E-state index < -0.39 is 0 Å². The van der Waals surface area contributed by atoms with Gasteiger partial charge in [0.1, 0.15) is 23.4 Å². The molecule has 5 nitrogen and oxygen atoms in total. The Bertz CT molecular complexity index is 574. The molecule has 5 rings (SSSR count). The van der Waals surface area contributed by atoms with Crippen LogP contribution in [0.25, 0.3) is 0 Å². The van der Waals surface area contributed by atoms with Crippen LogP contribution in [0.5, 0.6) is 0 Å². The van der Waals surface area contributed by atoms with Crippen LogP contribution >= 0.6 is 0 Å². The molecule has 1 amide bonds. The van der Waals surface area contributed by atoms with Gasteiger partial charge in [0.05, 0.1) is 5.41 Å². The van der Waals surface area contributed by atoms with Crippen molar-refractivity contribution in [3.05, 3.63) is 12.0 Å². The SMILES string of the molecule is Cc1nocc1NC(=O)C12CC3CC(C1)C(=O)C(C3)C2. The minimum atomic E-state index is -0.339. The van der Waals surface area contributed by atoms with Crippen LogP contribution in [0.2, 0.25) is 0 Å². The number of hydrogen-bond donors (Lipinski definition) is 1. The van der Waals surface area contributed by atoms with Crippen LogP contribution in [0.15, 0.2) is 10.8 Å². The first-order valence-corrected chi connectivity index (χ1v) is 7.33. The normalized spacial score (nSPS) is 38.2. The van der Waals surface area contributed by atoms with E-state index in [0.29, 0.717) is 23.1 Å². The number of rotatable bonds is 2. The number of carbonyl (C=O) groups is 2. The van der Waals surface area contributed by atoms with E-state index in [1.165, 1.54) is 6.26 Å². The van der Waals surface area contributed by atoms with Gasteiger partial charge in [-0.25, -0.2) is 0 Å². The van der Waals surface area contributed by atoms with E-state index >= 15 is 0 Å².